The number of ether oxygens (including phenoxy) is 1. The van der Waals surface area contributed by atoms with Crippen molar-refractivity contribution in [3.63, 3.8) is 0 Å². The molecule has 116 valence electrons. The molecule has 1 aromatic carbocycles. The molecule has 0 unspecified atom stereocenters. The van der Waals surface area contributed by atoms with Crippen molar-refractivity contribution in [2.75, 3.05) is 26.2 Å². The molecule has 21 heavy (non-hydrogen) atoms. The van der Waals surface area contributed by atoms with Gasteiger partial charge in [-0.2, -0.15) is 0 Å². The number of carbonyl (C=O) groups excluding carboxylic acids is 1. The summed E-state index contributed by atoms with van der Waals surface area (Å²) in [6, 6.07) is 5.86. The van der Waals surface area contributed by atoms with Crippen LogP contribution < -0.4 is 15.4 Å². The predicted octanol–water partition coefficient (Wildman–Crippen LogP) is 2.10. The van der Waals surface area contributed by atoms with E-state index in [1.54, 1.807) is 12.1 Å². The molecule has 0 spiro atoms. The van der Waals surface area contributed by atoms with Gasteiger partial charge in [0, 0.05) is 6.42 Å². The topological polar surface area (TPSA) is 50.4 Å². The van der Waals surface area contributed by atoms with Crippen LogP contribution in [-0.4, -0.2) is 32.1 Å². The molecule has 0 saturated carbocycles. The molecule has 5 heteroatoms. The highest BCUT2D eigenvalue weighted by atomic mass is 19.1. The van der Waals surface area contributed by atoms with E-state index in [1.807, 2.05) is 0 Å². The molecule has 0 atom stereocenters. The second kappa shape index (κ2) is 8.62. The minimum atomic E-state index is -0.284. The Labute approximate surface area is 125 Å². The second-order valence-corrected chi connectivity index (χ2v) is 5.38. The molecule has 0 aromatic heterocycles. The zero-order valence-corrected chi connectivity index (χ0v) is 12.2. The summed E-state index contributed by atoms with van der Waals surface area (Å²) >= 11 is 0. The SMILES string of the molecule is O=C(CCC1CCNCC1)NCCOc1ccc(F)cc1. The molecule has 0 aliphatic carbocycles. The van der Waals surface area contributed by atoms with Crippen molar-refractivity contribution >= 4 is 5.91 Å². The summed E-state index contributed by atoms with van der Waals surface area (Å²) in [5.41, 5.74) is 0. The fourth-order valence-electron chi connectivity index (χ4n) is 2.48. The van der Waals surface area contributed by atoms with E-state index in [4.69, 9.17) is 4.74 Å². The van der Waals surface area contributed by atoms with Gasteiger partial charge >= 0.3 is 0 Å². The Morgan fingerprint density at radius 1 is 1.29 bits per heavy atom. The Morgan fingerprint density at radius 3 is 2.71 bits per heavy atom. The van der Waals surface area contributed by atoms with Crippen LogP contribution in [0.25, 0.3) is 0 Å². The van der Waals surface area contributed by atoms with Gasteiger partial charge in [0.05, 0.1) is 6.54 Å². The van der Waals surface area contributed by atoms with E-state index >= 15 is 0 Å². The quantitative estimate of drug-likeness (QED) is 0.757. The van der Waals surface area contributed by atoms with E-state index in [9.17, 15) is 9.18 Å². The summed E-state index contributed by atoms with van der Waals surface area (Å²) in [5, 5.41) is 6.17. The smallest absolute Gasteiger partial charge is 0.220 e. The highest BCUT2D eigenvalue weighted by Gasteiger charge is 2.14. The van der Waals surface area contributed by atoms with Gasteiger partial charge in [-0.3, -0.25) is 4.79 Å². The largest absolute Gasteiger partial charge is 0.492 e. The van der Waals surface area contributed by atoms with Gasteiger partial charge in [0.2, 0.25) is 5.91 Å². The molecule has 1 aliphatic rings. The van der Waals surface area contributed by atoms with Crippen LogP contribution in [0.15, 0.2) is 24.3 Å². The van der Waals surface area contributed by atoms with Crippen LogP contribution in [0, 0.1) is 11.7 Å². The monoisotopic (exact) mass is 294 g/mol. The van der Waals surface area contributed by atoms with Crippen molar-refractivity contribution in [1.29, 1.82) is 0 Å². The number of rotatable bonds is 7. The number of halogens is 1. The van der Waals surface area contributed by atoms with Crippen LogP contribution in [0.3, 0.4) is 0 Å². The number of hydrogen-bond acceptors (Lipinski definition) is 3. The Kier molecular flexibility index (Phi) is 6.47. The number of piperidine rings is 1. The average Bonchev–Trinajstić information content (AvgIpc) is 2.52. The van der Waals surface area contributed by atoms with Crippen LogP contribution >= 0.6 is 0 Å². The summed E-state index contributed by atoms with van der Waals surface area (Å²) in [7, 11) is 0. The summed E-state index contributed by atoms with van der Waals surface area (Å²) in [4.78, 5) is 11.7. The van der Waals surface area contributed by atoms with Gasteiger partial charge in [-0.1, -0.05) is 0 Å². The molecule has 0 bridgehead atoms. The summed E-state index contributed by atoms with van der Waals surface area (Å²) < 4.78 is 18.1. The lowest BCUT2D eigenvalue weighted by Gasteiger charge is -2.22. The van der Waals surface area contributed by atoms with Crippen LogP contribution in [0.2, 0.25) is 0 Å². The van der Waals surface area contributed by atoms with E-state index in [1.165, 1.54) is 25.0 Å². The van der Waals surface area contributed by atoms with Gasteiger partial charge in [0.1, 0.15) is 18.2 Å². The van der Waals surface area contributed by atoms with E-state index in [0.29, 0.717) is 31.2 Å². The van der Waals surface area contributed by atoms with Crippen molar-refractivity contribution in [1.82, 2.24) is 10.6 Å². The predicted molar refractivity (Wildman–Crippen MR) is 79.7 cm³/mol. The van der Waals surface area contributed by atoms with Crippen molar-refractivity contribution in [2.45, 2.75) is 25.7 Å². The number of benzene rings is 1. The molecule has 1 amide bonds. The maximum atomic E-state index is 12.7. The molecule has 1 saturated heterocycles. The second-order valence-electron chi connectivity index (χ2n) is 5.38. The third kappa shape index (κ3) is 6.12. The lowest BCUT2D eigenvalue weighted by Crippen LogP contribution is -2.30. The summed E-state index contributed by atoms with van der Waals surface area (Å²) in [5.74, 6) is 1.08. The Balaban J connectivity index is 1.53. The minimum Gasteiger partial charge on any atom is -0.492 e. The minimum absolute atomic E-state index is 0.0799. The number of nitrogens with one attached hydrogen (secondary N) is 2. The van der Waals surface area contributed by atoms with Crippen LogP contribution in [0.1, 0.15) is 25.7 Å². The van der Waals surface area contributed by atoms with Gasteiger partial charge in [-0.15, -0.1) is 0 Å². The van der Waals surface area contributed by atoms with E-state index < -0.39 is 0 Å². The van der Waals surface area contributed by atoms with Gasteiger partial charge in [-0.05, 0) is 62.5 Å². The van der Waals surface area contributed by atoms with Crippen LogP contribution in [0.5, 0.6) is 5.75 Å². The first-order valence-electron chi connectivity index (χ1n) is 7.60. The fraction of sp³-hybridized carbons (Fsp3) is 0.562. The van der Waals surface area contributed by atoms with Gasteiger partial charge in [-0.25, -0.2) is 4.39 Å². The molecule has 2 N–H and O–H groups in total. The van der Waals surface area contributed by atoms with E-state index in [-0.39, 0.29) is 11.7 Å². The first-order chi connectivity index (χ1) is 10.2. The molecule has 1 heterocycles. The Morgan fingerprint density at radius 2 is 2.00 bits per heavy atom. The first-order valence-corrected chi connectivity index (χ1v) is 7.60. The Bertz CT molecular complexity index is 430. The lowest BCUT2D eigenvalue weighted by atomic mass is 9.93. The molecule has 1 aromatic rings. The third-order valence-corrected chi connectivity index (χ3v) is 3.74. The van der Waals surface area contributed by atoms with Crippen LogP contribution in [0.4, 0.5) is 4.39 Å². The van der Waals surface area contributed by atoms with Crippen molar-refractivity contribution in [3.05, 3.63) is 30.1 Å². The molecular weight excluding hydrogens is 271 g/mol. The highest BCUT2D eigenvalue weighted by Crippen LogP contribution is 2.17. The highest BCUT2D eigenvalue weighted by molar-refractivity contribution is 5.75. The van der Waals surface area contributed by atoms with E-state index in [0.717, 1.165) is 19.5 Å². The van der Waals surface area contributed by atoms with Crippen LogP contribution in [-0.2, 0) is 4.79 Å². The lowest BCUT2D eigenvalue weighted by molar-refractivity contribution is -0.121. The molecule has 2 rings (SSSR count). The normalized spacial score (nSPS) is 15.7. The first kappa shape index (κ1) is 15.8. The van der Waals surface area contributed by atoms with Crippen molar-refractivity contribution in [2.24, 2.45) is 5.92 Å². The summed E-state index contributed by atoms with van der Waals surface area (Å²) in [6.45, 7) is 3.00. The van der Waals surface area contributed by atoms with Gasteiger partial charge in [0.15, 0.2) is 0 Å². The van der Waals surface area contributed by atoms with E-state index in [2.05, 4.69) is 10.6 Å². The molecule has 4 nitrogen and oxygen atoms in total. The standard InChI is InChI=1S/C16H23FN2O2/c17-14-2-4-15(5-3-14)21-12-11-19-16(20)6-1-13-7-9-18-10-8-13/h2-5,13,18H,1,6-12H2,(H,19,20). The number of amides is 1. The summed E-state index contributed by atoms with van der Waals surface area (Å²) in [6.07, 6.45) is 3.88. The average molecular weight is 294 g/mol. The fourth-order valence-corrected chi connectivity index (χ4v) is 2.48. The van der Waals surface area contributed by atoms with Crippen molar-refractivity contribution < 1.29 is 13.9 Å². The maximum absolute atomic E-state index is 12.7. The zero-order chi connectivity index (χ0) is 14.9. The molecule has 1 aliphatic heterocycles. The molecular formula is C16H23FN2O2. The third-order valence-electron chi connectivity index (χ3n) is 3.74. The van der Waals surface area contributed by atoms with Crippen molar-refractivity contribution in [3.8, 4) is 5.75 Å². The van der Waals surface area contributed by atoms with Gasteiger partial charge in [0.25, 0.3) is 0 Å². The van der Waals surface area contributed by atoms with Gasteiger partial charge < -0.3 is 15.4 Å². The zero-order valence-electron chi connectivity index (χ0n) is 12.2. The molecule has 0 radical (unpaired) electrons. The molecule has 1 fully saturated rings. The number of hydrogen-bond donors (Lipinski definition) is 2. The number of carbonyl (C=O) groups is 1. The Hall–Kier alpha value is -1.62. The maximum Gasteiger partial charge on any atom is 0.220 e.